The van der Waals surface area contributed by atoms with E-state index in [-0.39, 0.29) is 0 Å². The van der Waals surface area contributed by atoms with Crippen molar-refractivity contribution in [3.8, 4) is 22.4 Å². The summed E-state index contributed by atoms with van der Waals surface area (Å²) in [6.45, 7) is 0. The highest BCUT2D eigenvalue weighted by Crippen LogP contribution is 2.44. The lowest BCUT2D eigenvalue weighted by Gasteiger charge is -2.10. The van der Waals surface area contributed by atoms with E-state index in [0.717, 1.165) is 33.1 Å². The summed E-state index contributed by atoms with van der Waals surface area (Å²) in [4.78, 5) is 9.85. The lowest BCUT2D eigenvalue weighted by Crippen LogP contribution is -1.90. The third-order valence-electron chi connectivity index (χ3n) is 9.15. The molecule has 0 unspecified atom stereocenters. The molecule has 3 nitrogen and oxygen atoms in total. The van der Waals surface area contributed by atoms with Crippen LogP contribution >= 0.6 is 0 Å². The summed E-state index contributed by atoms with van der Waals surface area (Å²) >= 11 is 0. The number of pyridine rings is 2. The average molecular weight is 546 g/mol. The summed E-state index contributed by atoms with van der Waals surface area (Å²) in [5.41, 5.74) is 10.1. The quantitative estimate of drug-likeness (QED) is 0.202. The molecule has 0 aliphatic carbocycles. The minimum Gasteiger partial charge on any atom is -0.307 e. The van der Waals surface area contributed by atoms with Gasteiger partial charge in [0.15, 0.2) is 0 Å². The number of para-hydroxylation sites is 2. The van der Waals surface area contributed by atoms with Gasteiger partial charge in [0.1, 0.15) is 0 Å². The molecule has 43 heavy (non-hydrogen) atoms. The van der Waals surface area contributed by atoms with E-state index >= 15 is 0 Å². The molecule has 0 radical (unpaired) electrons. The fourth-order valence-electron chi connectivity index (χ4n) is 7.24. The van der Waals surface area contributed by atoms with Gasteiger partial charge in [-0.1, -0.05) is 115 Å². The topological polar surface area (TPSA) is 30.2 Å². The van der Waals surface area contributed by atoms with Crippen molar-refractivity contribution < 1.29 is 0 Å². The standard InChI is InChI=1S/C40H23N3/c1-2-10-28-24(7-1)8-3-11-29(28)31-12-4-14-33-34-15-5-13-32-30-20-18-27(23-36(30)43(39(31)33)40(32)34)35-21-19-26-17-16-25-9-6-22-41-37(25)38(26)42-35/h1-23H. The Bertz CT molecular complexity index is 2730. The van der Waals surface area contributed by atoms with Crippen molar-refractivity contribution in [2.24, 2.45) is 0 Å². The maximum Gasteiger partial charge on any atom is 0.0972 e. The number of hydrogen-bond donors (Lipinski definition) is 0. The first kappa shape index (κ1) is 22.8. The Morgan fingerprint density at radius 3 is 2.05 bits per heavy atom. The fraction of sp³-hybridized carbons (Fsp3) is 0. The van der Waals surface area contributed by atoms with Crippen molar-refractivity contribution in [1.29, 1.82) is 0 Å². The van der Waals surface area contributed by atoms with Gasteiger partial charge in [0.25, 0.3) is 0 Å². The van der Waals surface area contributed by atoms with E-state index in [2.05, 4.69) is 137 Å². The Morgan fingerprint density at radius 2 is 1.12 bits per heavy atom. The predicted molar refractivity (Wildman–Crippen MR) is 180 cm³/mol. The number of benzene rings is 6. The van der Waals surface area contributed by atoms with Gasteiger partial charge in [-0.3, -0.25) is 4.98 Å². The Balaban J connectivity index is 1.31. The van der Waals surface area contributed by atoms with Crippen LogP contribution in [0.25, 0.3) is 93.1 Å². The summed E-state index contributed by atoms with van der Waals surface area (Å²) in [6.07, 6.45) is 1.85. The SMILES string of the molecule is c1ccc2c(-c3cccc4c5cccc6c7ccc(-c8ccc9ccc%10cccnc%10c9n8)cc7n(c34)c65)cccc2c1. The normalized spacial score (nSPS) is 12.2. The van der Waals surface area contributed by atoms with Gasteiger partial charge in [-0.15, -0.1) is 0 Å². The van der Waals surface area contributed by atoms with Gasteiger partial charge >= 0.3 is 0 Å². The molecule has 0 amide bonds. The molecular formula is C40H23N3. The highest BCUT2D eigenvalue weighted by Gasteiger charge is 2.21. The van der Waals surface area contributed by atoms with Gasteiger partial charge in [0.05, 0.1) is 33.3 Å². The summed E-state index contributed by atoms with van der Waals surface area (Å²) in [6, 6.07) is 48.2. The van der Waals surface area contributed by atoms with Crippen molar-refractivity contribution in [2.45, 2.75) is 0 Å². The Kier molecular flexibility index (Phi) is 4.45. The molecule has 0 atom stereocenters. The molecule has 0 spiro atoms. The van der Waals surface area contributed by atoms with Crippen LogP contribution in [0.5, 0.6) is 0 Å². The number of hydrogen-bond acceptors (Lipinski definition) is 2. The average Bonchev–Trinajstić information content (AvgIpc) is 3.60. The van der Waals surface area contributed by atoms with Crippen LogP contribution in [0.4, 0.5) is 0 Å². The molecule has 4 aromatic heterocycles. The van der Waals surface area contributed by atoms with Crippen LogP contribution in [0.1, 0.15) is 0 Å². The number of nitrogens with zero attached hydrogens (tertiary/aromatic N) is 3. The van der Waals surface area contributed by atoms with Crippen molar-refractivity contribution in [1.82, 2.24) is 14.4 Å². The molecule has 0 bridgehead atoms. The van der Waals surface area contributed by atoms with E-state index in [1.54, 1.807) is 0 Å². The first-order valence-electron chi connectivity index (χ1n) is 14.7. The summed E-state index contributed by atoms with van der Waals surface area (Å²) < 4.78 is 2.49. The van der Waals surface area contributed by atoms with Crippen LogP contribution in [-0.4, -0.2) is 14.4 Å². The number of fused-ring (bicyclic) bond motifs is 10. The molecule has 10 aromatic rings. The maximum atomic E-state index is 5.17. The van der Waals surface area contributed by atoms with Crippen LogP contribution in [0.2, 0.25) is 0 Å². The van der Waals surface area contributed by atoms with Gasteiger partial charge in [-0.05, 0) is 34.5 Å². The molecule has 4 heterocycles. The first-order chi connectivity index (χ1) is 21.3. The first-order valence-corrected chi connectivity index (χ1v) is 14.7. The van der Waals surface area contributed by atoms with E-state index in [0.29, 0.717) is 0 Å². The van der Waals surface area contributed by atoms with Gasteiger partial charge in [0, 0.05) is 49.6 Å². The monoisotopic (exact) mass is 545 g/mol. The molecular weight excluding hydrogens is 522 g/mol. The minimum absolute atomic E-state index is 0.937. The van der Waals surface area contributed by atoms with Crippen molar-refractivity contribution in [2.75, 3.05) is 0 Å². The third-order valence-corrected chi connectivity index (χ3v) is 9.15. The van der Waals surface area contributed by atoms with Gasteiger partial charge in [0.2, 0.25) is 0 Å². The summed E-state index contributed by atoms with van der Waals surface area (Å²) in [5.74, 6) is 0. The fourth-order valence-corrected chi connectivity index (χ4v) is 7.24. The van der Waals surface area contributed by atoms with Gasteiger partial charge in [-0.2, -0.15) is 0 Å². The summed E-state index contributed by atoms with van der Waals surface area (Å²) in [5, 5.41) is 9.82. The predicted octanol–water partition coefficient (Wildman–Crippen LogP) is 10.4. The highest BCUT2D eigenvalue weighted by molar-refractivity contribution is 6.25. The number of aromatic nitrogens is 3. The third kappa shape index (κ3) is 3.08. The zero-order valence-electron chi connectivity index (χ0n) is 23.1. The lowest BCUT2D eigenvalue weighted by molar-refractivity contribution is 1.35. The molecule has 0 aliphatic rings. The molecule has 0 saturated carbocycles. The largest absolute Gasteiger partial charge is 0.307 e. The van der Waals surface area contributed by atoms with Gasteiger partial charge < -0.3 is 4.40 Å². The highest BCUT2D eigenvalue weighted by atomic mass is 14.9. The van der Waals surface area contributed by atoms with Crippen molar-refractivity contribution in [3.05, 3.63) is 140 Å². The lowest BCUT2D eigenvalue weighted by atomic mass is 9.96. The Labute approximate surface area is 246 Å². The Hall–Kier alpha value is -5.80. The van der Waals surface area contributed by atoms with E-state index < -0.39 is 0 Å². The van der Waals surface area contributed by atoms with Crippen LogP contribution in [-0.2, 0) is 0 Å². The molecule has 0 N–H and O–H groups in total. The smallest absolute Gasteiger partial charge is 0.0972 e. The second-order valence-electron chi connectivity index (χ2n) is 11.4. The van der Waals surface area contributed by atoms with Gasteiger partial charge in [-0.25, -0.2) is 4.98 Å². The Morgan fingerprint density at radius 1 is 0.442 bits per heavy atom. The molecule has 0 fully saturated rings. The van der Waals surface area contributed by atoms with Crippen LogP contribution in [0.15, 0.2) is 140 Å². The zero-order chi connectivity index (χ0) is 28.1. The second kappa shape index (κ2) is 8.37. The van der Waals surface area contributed by atoms with E-state index in [1.807, 2.05) is 12.3 Å². The molecule has 10 rings (SSSR count). The van der Waals surface area contributed by atoms with Crippen molar-refractivity contribution in [3.63, 3.8) is 0 Å². The number of rotatable bonds is 2. The molecule has 198 valence electrons. The molecule has 6 aromatic carbocycles. The zero-order valence-corrected chi connectivity index (χ0v) is 23.1. The van der Waals surface area contributed by atoms with Crippen LogP contribution in [0, 0.1) is 0 Å². The summed E-state index contributed by atoms with van der Waals surface area (Å²) in [7, 11) is 0. The molecule has 0 saturated heterocycles. The van der Waals surface area contributed by atoms with E-state index in [4.69, 9.17) is 4.98 Å². The van der Waals surface area contributed by atoms with Crippen molar-refractivity contribution >= 4 is 70.7 Å². The second-order valence-corrected chi connectivity index (χ2v) is 11.4. The molecule has 3 heteroatoms. The van der Waals surface area contributed by atoms with Crippen LogP contribution in [0.3, 0.4) is 0 Å². The minimum atomic E-state index is 0.937. The maximum absolute atomic E-state index is 5.17. The van der Waals surface area contributed by atoms with Crippen LogP contribution < -0.4 is 0 Å². The molecule has 0 aliphatic heterocycles. The van der Waals surface area contributed by atoms with E-state index in [9.17, 15) is 0 Å². The van der Waals surface area contributed by atoms with E-state index in [1.165, 1.54) is 60.0 Å².